The minimum Gasteiger partial charge on any atom is -0.493 e. The highest BCUT2D eigenvalue weighted by Gasteiger charge is 2.10. The van der Waals surface area contributed by atoms with Gasteiger partial charge in [0.2, 0.25) is 5.88 Å². The second-order valence-electron chi connectivity index (χ2n) is 4.52. The zero-order valence-corrected chi connectivity index (χ0v) is 11.5. The summed E-state index contributed by atoms with van der Waals surface area (Å²) < 4.78 is 6.85. The van der Waals surface area contributed by atoms with Crippen molar-refractivity contribution in [3.05, 3.63) is 66.0 Å². The van der Waals surface area contributed by atoms with E-state index in [1.54, 1.807) is 12.1 Å². The van der Waals surface area contributed by atoms with Crippen LogP contribution in [0.3, 0.4) is 0 Å². The van der Waals surface area contributed by atoms with Gasteiger partial charge in [0.1, 0.15) is 18.1 Å². The third-order valence-corrected chi connectivity index (χ3v) is 2.96. The van der Waals surface area contributed by atoms with Crippen LogP contribution in [0.5, 0.6) is 11.6 Å². The van der Waals surface area contributed by atoms with Gasteiger partial charge in [-0.2, -0.15) is 15.0 Å². The van der Waals surface area contributed by atoms with Crippen molar-refractivity contribution in [3.8, 4) is 23.5 Å². The van der Waals surface area contributed by atoms with Crippen LogP contribution in [0, 0.1) is 11.3 Å². The Morgan fingerprint density at radius 3 is 2.77 bits per heavy atom. The van der Waals surface area contributed by atoms with E-state index in [4.69, 9.17) is 10.00 Å². The van der Waals surface area contributed by atoms with Crippen LogP contribution in [-0.2, 0) is 6.61 Å². The Balaban J connectivity index is 1.80. The molecular weight excluding hydrogens is 280 g/mol. The summed E-state index contributed by atoms with van der Waals surface area (Å²) in [6.45, 7) is 0.225. The smallest absolute Gasteiger partial charge is 0.215 e. The third kappa shape index (κ3) is 2.88. The maximum atomic E-state index is 9.97. The monoisotopic (exact) mass is 292 g/mol. The lowest BCUT2D eigenvalue weighted by atomic mass is 10.3. The van der Waals surface area contributed by atoms with E-state index < -0.39 is 0 Å². The number of nitriles is 1. The number of aromatic nitrogens is 3. The lowest BCUT2D eigenvalue weighted by Crippen LogP contribution is -2.02. The van der Waals surface area contributed by atoms with Crippen molar-refractivity contribution < 1.29 is 9.84 Å². The summed E-state index contributed by atoms with van der Waals surface area (Å²) in [5.74, 6) is 1.04. The molecule has 2 aromatic heterocycles. The highest BCUT2D eigenvalue weighted by Crippen LogP contribution is 2.18. The molecule has 22 heavy (non-hydrogen) atoms. The number of aromatic hydroxyl groups is 1. The largest absolute Gasteiger partial charge is 0.493 e. The van der Waals surface area contributed by atoms with Gasteiger partial charge in [0.15, 0.2) is 5.82 Å². The van der Waals surface area contributed by atoms with Gasteiger partial charge in [0.05, 0.1) is 11.6 Å². The quantitative estimate of drug-likeness (QED) is 0.798. The second-order valence-corrected chi connectivity index (χ2v) is 4.52. The molecule has 0 amide bonds. The molecule has 108 valence electrons. The molecule has 0 fully saturated rings. The minimum absolute atomic E-state index is 0.0609. The zero-order valence-electron chi connectivity index (χ0n) is 11.5. The molecule has 1 N–H and O–H groups in total. The van der Waals surface area contributed by atoms with Crippen LogP contribution < -0.4 is 4.74 Å². The molecule has 0 bridgehead atoms. The summed E-state index contributed by atoms with van der Waals surface area (Å²) in [6.07, 6.45) is 1.50. The summed E-state index contributed by atoms with van der Waals surface area (Å²) >= 11 is 0. The second kappa shape index (κ2) is 5.97. The van der Waals surface area contributed by atoms with E-state index in [9.17, 15) is 5.11 Å². The topological polar surface area (TPSA) is 84.0 Å². The summed E-state index contributed by atoms with van der Waals surface area (Å²) in [6, 6.07) is 16.0. The van der Waals surface area contributed by atoms with Crippen molar-refractivity contribution >= 4 is 0 Å². The van der Waals surface area contributed by atoms with Crippen molar-refractivity contribution in [1.82, 2.24) is 14.8 Å². The minimum atomic E-state index is -0.0609. The molecule has 1 aromatic carbocycles. The molecule has 0 saturated heterocycles. The van der Waals surface area contributed by atoms with Gasteiger partial charge in [-0.3, -0.25) is 0 Å². The Morgan fingerprint density at radius 2 is 2.00 bits per heavy atom. The number of para-hydroxylation sites is 1. The predicted octanol–water partition coefficient (Wildman–Crippen LogP) is 2.42. The lowest BCUT2D eigenvalue weighted by Gasteiger charge is -2.03. The van der Waals surface area contributed by atoms with Crippen LogP contribution in [0.15, 0.2) is 54.7 Å². The number of nitrogens with zero attached hydrogens (tertiary/aromatic N) is 4. The van der Waals surface area contributed by atoms with Crippen molar-refractivity contribution in [1.29, 1.82) is 5.26 Å². The molecule has 0 atom stereocenters. The van der Waals surface area contributed by atoms with Crippen LogP contribution in [0.4, 0.5) is 0 Å². The van der Waals surface area contributed by atoms with Crippen LogP contribution in [0.1, 0.15) is 11.3 Å². The highest BCUT2D eigenvalue weighted by molar-refractivity contribution is 5.37. The highest BCUT2D eigenvalue weighted by atomic mass is 16.5. The number of pyridine rings is 1. The molecule has 0 unspecified atom stereocenters. The number of benzene rings is 1. The fourth-order valence-electron chi connectivity index (χ4n) is 1.94. The Morgan fingerprint density at radius 1 is 1.18 bits per heavy atom. The van der Waals surface area contributed by atoms with Gasteiger partial charge in [-0.15, -0.1) is 0 Å². The molecule has 0 aliphatic rings. The van der Waals surface area contributed by atoms with Gasteiger partial charge >= 0.3 is 0 Å². The Labute approximate surface area is 126 Å². The van der Waals surface area contributed by atoms with E-state index in [2.05, 4.69) is 10.1 Å². The molecular formula is C16H12N4O2. The molecule has 6 heteroatoms. The van der Waals surface area contributed by atoms with Crippen molar-refractivity contribution in [3.63, 3.8) is 0 Å². The molecule has 3 aromatic rings. The average molecular weight is 292 g/mol. The molecule has 0 aliphatic carbocycles. The number of hydrogen-bond acceptors (Lipinski definition) is 5. The normalized spacial score (nSPS) is 10.1. The maximum Gasteiger partial charge on any atom is 0.215 e. The predicted molar refractivity (Wildman–Crippen MR) is 78.5 cm³/mol. The summed E-state index contributed by atoms with van der Waals surface area (Å²) in [4.78, 5) is 4.10. The van der Waals surface area contributed by atoms with E-state index in [1.807, 2.05) is 36.4 Å². The molecule has 0 spiro atoms. The van der Waals surface area contributed by atoms with Crippen molar-refractivity contribution in [2.24, 2.45) is 0 Å². The van der Waals surface area contributed by atoms with Crippen molar-refractivity contribution in [2.45, 2.75) is 6.61 Å². The van der Waals surface area contributed by atoms with Gasteiger partial charge in [-0.25, -0.2) is 4.98 Å². The first-order chi connectivity index (χ1) is 10.8. The van der Waals surface area contributed by atoms with Gasteiger partial charge in [-0.05, 0) is 18.2 Å². The van der Waals surface area contributed by atoms with E-state index in [0.717, 1.165) is 5.75 Å². The molecule has 0 aliphatic heterocycles. The van der Waals surface area contributed by atoms with E-state index in [0.29, 0.717) is 17.1 Å². The van der Waals surface area contributed by atoms with Gasteiger partial charge in [0, 0.05) is 18.3 Å². The maximum absolute atomic E-state index is 9.97. The molecule has 2 heterocycles. The van der Waals surface area contributed by atoms with E-state index in [-0.39, 0.29) is 12.5 Å². The fraction of sp³-hybridized carbons (Fsp3) is 0.0625. The number of ether oxygens (including phenoxy) is 1. The molecule has 0 radical (unpaired) electrons. The fourth-order valence-corrected chi connectivity index (χ4v) is 1.94. The molecule has 0 saturated carbocycles. The summed E-state index contributed by atoms with van der Waals surface area (Å²) in [5.41, 5.74) is 1.01. The third-order valence-electron chi connectivity index (χ3n) is 2.96. The SMILES string of the molecule is N#Cc1ccnc(-n2nc(COc3ccccc3)cc2O)c1. The molecule has 3 rings (SSSR count). The Hall–Kier alpha value is -3.33. The van der Waals surface area contributed by atoms with Gasteiger partial charge < -0.3 is 9.84 Å². The Kier molecular flexibility index (Phi) is 3.70. The first-order valence-electron chi connectivity index (χ1n) is 6.58. The van der Waals surface area contributed by atoms with E-state index in [1.165, 1.54) is 16.9 Å². The molecule has 6 nitrogen and oxygen atoms in total. The first-order valence-corrected chi connectivity index (χ1v) is 6.58. The zero-order chi connectivity index (χ0) is 15.4. The van der Waals surface area contributed by atoms with Crippen molar-refractivity contribution in [2.75, 3.05) is 0 Å². The summed E-state index contributed by atoms with van der Waals surface area (Å²) in [5, 5.41) is 23.1. The Bertz CT molecular complexity index is 822. The standard InChI is InChI=1S/C16H12N4O2/c17-10-12-6-7-18-15(8-12)20-16(21)9-13(19-20)11-22-14-4-2-1-3-5-14/h1-9,21H,11H2. The van der Waals surface area contributed by atoms with Gasteiger partial charge in [0.25, 0.3) is 0 Å². The van der Waals surface area contributed by atoms with Crippen LogP contribution in [-0.4, -0.2) is 19.9 Å². The van der Waals surface area contributed by atoms with Gasteiger partial charge in [-0.1, -0.05) is 18.2 Å². The summed E-state index contributed by atoms with van der Waals surface area (Å²) in [7, 11) is 0. The average Bonchev–Trinajstić information content (AvgIpc) is 2.95. The first kappa shape index (κ1) is 13.6. The van der Waals surface area contributed by atoms with E-state index >= 15 is 0 Å². The van der Waals surface area contributed by atoms with Crippen LogP contribution in [0.25, 0.3) is 5.82 Å². The number of hydrogen-bond donors (Lipinski definition) is 1. The van der Waals surface area contributed by atoms with Crippen LogP contribution in [0.2, 0.25) is 0 Å². The van der Waals surface area contributed by atoms with Crippen LogP contribution >= 0.6 is 0 Å². The number of rotatable bonds is 4. The lowest BCUT2D eigenvalue weighted by molar-refractivity contribution is 0.300.